The van der Waals surface area contributed by atoms with Crippen LogP contribution in [-0.4, -0.2) is 21.3 Å². The fourth-order valence-corrected chi connectivity index (χ4v) is 3.30. The summed E-state index contributed by atoms with van der Waals surface area (Å²) in [5.41, 5.74) is 2.01. The van der Waals surface area contributed by atoms with Gasteiger partial charge in [0.1, 0.15) is 12.4 Å². The summed E-state index contributed by atoms with van der Waals surface area (Å²) >= 11 is 4.14. The summed E-state index contributed by atoms with van der Waals surface area (Å²) < 4.78 is 39.0. The van der Waals surface area contributed by atoms with Gasteiger partial charge in [-0.2, -0.15) is 0 Å². The van der Waals surface area contributed by atoms with E-state index >= 15 is 0 Å². The van der Waals surface area contributed by atoms with Crippen molar-refractivity contribution in [3.63, 3.8) is 0 Å². The topological polar surface area (TPSA) is 63.6 Å². The number of carbonyl (C=O) groups is 1. The van der Waals surface area contributed by atoms with Crippen molar-refractivity contribution < 1.29 is 22.7 Å². The Balaban J connectivity index is 2.09. The Bertz CT molecular complexity index is 841. The van der Waals surface area contributed by atoms with E-state index in [1.165, 1.54) is 18.2 Å². The van der Waals surface area contributed by atoms with Gasteiger partial charge in [-0.3, -0.25) is 0 Å². The summed E-state index contributed by atoms with van der Waals surface area (Å²) in [7, 11) is 0. The van der Waals surface area contributed by atoms with Gasteiger partial charge < -0.3 is 9.29 Å². The molecule has 1 aliphatic heterocycles. The Hall–Kier alpha value is -2.02. The summed E-state index contributed by atoms with van der Waals surface area (Å²) in [6.07, 6.45) is 0. The lowest BCUT2D eigenvalue weighted by Gasteiger charge is -2.08. The maximum absolute atomic E-state index is 14.2. The van der Waals surface area contributed by atoms with Crippen molar-refractivity contribution >= 4 is 39.8 Å². The van der Waals surface area contributed by atoms with Crippen molar-refractivity contribution in [1.82, 2.24) is 0 Å². The number of cyclic esters (lactones) is 1. The van der Waals surface area contributed by atoms with Gasteiger partial charge in [0.2, 0.25) is 0 Å². The van der Waals surface area contributed by atoms with Crippen LogP contribution in [0.2, 0.25) is 5.02 Å². The molecule has 0 bridgehead atoms. The molecule has 0 aliphatic carbocycles. The largest absolute Gasteiger partial charge is 0.457 e. The van der Waals surface area contributed by atoms with Crippen LogP contribution in [0.3, 0.4) is 0 Å². The van der Waals surface area contributed by atoms with E-state index in [4.69, 9.17) is 20.9 Å². The van der Waals surface area contributed by atoms with Gasteiger partial charge in [0.05, 0.1) is 16.3 Å². The molecule has 24 heavy (non-hydrogen) atoms. The molecule has 1 atom stereocenters. The molecular formula is C17H12ClFO4S. The first-order chi connectivity index (χ1) is 11.5. The van der Waals surface area contributed by atoms with E-state index in [0.717, 1.165) is 0 Å². The monoisotopic (exact) mass is 366 g/mol. The lowest BCUT2D eigenvalue weighted by molar-refractivity contribution is -0.133. The van der Waals surface area contributed by atoms with Gasteiger partial charge in [-0.1, -0.05) is 41.9 Å². The zero-order chi connectivity index (χ0) is 17.3. The van der Waals surface area contributed by atoms with Gasteiger partial charge in [-0.25, -0.2) is 13.4 Å². The summed E-state index contributed by atoms with van der Waals surface area (Å²) in [4.78, 5) is 12.1. The summed E-state index contributed by atoms with van der Waals surface area (Å²) in [6, 6.07) is 11.0. The predicted molar refractivity (Wildman–Crippen MR) is 90.1 cm³/mol. The van der Waals surface area contributed by atoms with Crippen molar-refractivity contribution in [2.75, 3.05) is 6.61 Å². The number of hydrogen-bond acceptors (Lipinski definition) is 3. The average molecular weight is 367 g/mol. The van der Waals surface area contributed by atoms with Crippen LogP contribution in [0, 0.1) is 5.82 Å². The molecule has 0 saturated carbocycles. The molecule has 2 aromatic carbocycles. The molecule has 7 heteroatoms. The van der Waals surface area contributed by atoms with Gasteiger partial charge in [-0.15, -0.1) is 0 Å². The van der Waals surface area contributed by atoms with Crippen molar-refractivity contribution in [3.05, 3.63) is 70.0 Å². The molecule has 2 aromatic rings. The minimum absolute atomic E-state index is 0.0146. The number of ether oxygens (including phenoxy) is 1. The van der Waals surface area contributed by atoms with Crippen LogP contribution in [0.1, 0.15) is 16.7 Å². The highest BCUT2D eigenvalue weighted by molar-refractivity contribution is 7.78. The molecule has 1 aliphatic rings. The van der Waals surface area contributed by atoms with Gasteiger partial charge in [-0.05, 0) is 23.3 Å². The third-order valence-electron chi connectivity index (χ3n) is 3.66. The molecule has 3 rings (SSSR count). The van der Waals surface area contributed by atoms with Crippen molar-refractivity contribution in [2.24, 2.45) is 0 Å². The Morgan fingerprint density at radius 2 is 1.92 bits per heavy atom. The molecule has 0 radical (unpaired) electrons. The highest BCUT2D eigenvalue weighted by Crippen LogP contribution is 2.37. The van der Waals surface area contributed by atoms with Gasteiger partial charge in [0.15, 0.2) is 11.1 Å². The van der Waals surface area contributed by atoms with Crippen molar-refractivity contribution in [3.8, 4) is 0 Å². The zero-order valence-electron chi connectivity index (χ0n) is 12.3. The number of benzene rings is 2. The number of rotatable bonds is 4. The predicted octanol–water partition coefficient (Wildman–Crippen LogP) is 3.67. The third kappa shape index (κ3) is 3.26. The number of carbonyl (C=O) groups excluding carboxylic acids is 1. The van der Waals surface area contributed by atoms with Crippen LogP contribution in [0.25, 0.3) is 11.1 Å². The van der Waals surface area contributed by atoms with Crippen molar-refractivity contribution in [1.29, 1.82) is 0 Å². The summed E-state index contributed by atoms with van der Waals surface area (Å²) in [5.74, 6) is -1.21. The Morgan fingerprint density at radius 3 is 2.54 bits per heavy atom. The van der Waals surface area contributed by atoms with Gasteiger partial charge in [0, 0.05) is 11.1 Å². The minimum Gasteiger partial charge on any atom is -0.457 e. The smallest absolute Gasteiger partial charge is 0.339 e. The van der Waals surface area contributed by atoms with E-state index < -0.39 is 22.9 Å². The lowest BCUT2D eigenvalue weighted by atomic mass is 9.96. The minimum atomic E-state index is -1.93. The maximum Gasteiger partial charge on any atom is 0.339 e. The Labute approximate surface area is 145 Å². The Kier molecular flexibility index (Phi) is 4.80. The normalized spacial score (nSPS) is 15.5. The highest BCUT2D eigenvalue weighted by Gasteiger charge is 2.30. The first kappa shape index (κ1) is 16.8. The number of hydrogen-bond donors (Lipinski definition) is 1. The standard InChI is InChI=1S/C17H12ClFO4S/c18-13-2-1-3-14(19)16(13)15-12(8-23-17(15)20)11-6-4-10(5-7-11)9-24(21)22/h1-7H,8-9H2,(H,21,22). The molecule has 124 valence electrons. The second kappa shape index (κ2) is 6.84. The van der Waals surface area contributed by atoms with Crippen LogP contribution in [0.4, 0.5) is 4.39 Å². The van der Waals surface area contributed by atoms with Gasteiger partial charge >= 0.3 is 5.97 Å². The van der Waals surface area contributed by atoms with E-state index in [2.05, 4.69) is 0 Å². The average Bonchev–Trinajstić information content (AvgIpc) is 2.89. The molecular weight excluding hydrogens is 355 g/mol. The lowest BCUT2D eigenvalue weighted by Crippen LogP contribution is -2.01. The van der Waals surface area contributed by atoms with Crippen LogP contribution in [-0.2, 0) is 26.4 Å². The van der Waals surface area contributed by atoms with E-state index in [1.807, 2.05) is 0 Å². The molecule has 0 aromatic heterocycles. The van der Waals surface area contributed by atoms with E-state index in [-0.39, 0.29) is 28.5 Å². The first-order valence-corrected chi connectivity index (χ1v) is 8.64. The second-order valence-corrected chi connectivity index (χ2v) is 6.53. The number of esters is 1. The molecule has 4 nitrogen and oxygen atoms in total. The zero-order valence-corrected chi connectivity index (χ0v) is 13.9. The highest BCUT2D eigenvalue weighted by atomic mass is 35.5. The fraction of sp³-hybridized carbons (Fsp3) is 0.118. The van der Waals surface area contributed by atoms with Crippen LogP contribution in [0.15, 0.2) is 42.5 Å². The molecule has 1 heterocycles. The van der Waals surface area contributed by atoms with Crippen LogP contribution < -0.4 is 0 Å². The van der Waals surface area contributed by atoms with Crippen molar-refractivity contribution in [2.45, 2.75) is 5.75 Å². The maximum atomic E-state index is 14.2. The molecule has 0 amide bonds. The molecule has 0 spiro atoms. The Morgan fingerprint density at radius 1 is 1.21 bits per heavy atom. The third-order valence-corrected chi connectivity index (χ3v) is 4.55. The quantitative estimate of drug-likeness (QED) is 0.662. The molecule has 0 saturated heterocycles. The molecule has 1 unspecified atom stereocenters. The SMILES string of the molecule is O=C1OCC(c2ccc(CS(=O)O)cc2)=C1c1c(F)cccc1Cl. The first-order valence-electron chi connectivity index (χ1n) is 6.99. The fourth-order valence-electron chi connectivity index (χ4n) is 2.57. The van der Waals surface area contributed by atoms with Crippen LogP contribution >= 0.6 is 11.6 Å². The van der Waals surface area contributed by atoms with Crippen LogP contribution in [0.5, 0.6) is 0 Å². The van der Waals surface area contributed by atoms with E-state index in [1.54, 1.807) is 24.3 Å². The number of halogens is 2. The molecule has 0 fully saturated rings. The summed E-state index contributed by atoms with van der Waals surface area (Å²) in [5, 5.41) is 0.133. The summed E-state index contributed by atoms with van der Waals surface area (Å²) in [6.45, 7) is 0.0180. The van der Waals surface area contributed by atoms with Gasteiger partial charge in [0.25, 0.3) is 0 Å². The second-order valence-electron chi connectivity index (χ2n) is 5.19. The molecule has 1 N–H and O–H groups in total. The van der Waals surface area contributed by atoms with E-state index in [9.17, 15) is 13.4 Å². The van der Waals surface area contributed by atoms with E-state index in [0.29, 0.717) is 16.7 Å².